The summed E-state index contributed by atoms with van der Waals surface area (Å²) >= 11 is 1.07. The number of carbonyl (C=O) groups is 3. The Morgan fingerprint density at radius 2 is 1.86 bits per heavy atom. The summed E-state index contributed by atoms with van der Waals surface area (Å²) in [6, 6.07) is 6.63. The number of rotatable bonds is 3. The minimum Gasteiger partial charge on any atom is -0.453 e. The number of carbonyl (C=O) groups excluding carboxylic acids is 3. The lowest BCUT2D eigenvalue weighted by Gasteiger charge is -2.10. The number of anilines is 1. The highest BCUT2D eigenvalue weighted by Gasteiger charge is 2.35. The van der Waals surface area contributed by atoms with Gasteiger partial charge < -0.3 is 4.74 Å². The number of aromatic nitrogens is 2. The Balaban J connectivity index is 1.76. The fraction of sp³-hybridized carbons (Fsp3) is 0.154. The van der Waals surface area contributed by atoms with E-state index < -0.39 is 6.09 Å². The Morgan fingerprint density at radius 3 is 2.45 bits per heavy atom. The highest BCUT2D eigenvalue weighted by atomic mass is 32.1. The van der Waals surface area contributed by atoms with Crippen LogP contribution in [0.4, 0.5) is 9.93 Å². The first-order chi connectivity index (χ1) is 10.6. The van der Waals surface area contributed by atoms with E-state index >= 15 is 0 Å². The van der Waals surface area contributed by atoms with E-state index in [1.165, 1.54) is 7.11 Å². The summed E-state index contributed by atoms with van der Waals surface area (Å²) in [4.78, 5) is 36.6. The lowest BCUT2D eigenvalue weighted by Crippen LogP contribution is -2.29. The Bertz CT molecular complexity index is 738. The Hall–Kier alpha value is -2.81. The molecule has 1 aliphatic rings. The van der Waals surface area contributed by atoms with E-state index in [1.54, 1.807) is 24.3 Å². The van der Waals surface area contributed by atoms with Gasteiger partial charge >= 0.3 is 6.09 Å². The summed E-state index contributed by atoms with van der Waals surface area (Å²) in [5.41, 5.74) is 0.759. The summed E-state index contributed by atoms with van der Waals surface area (Å²) in [7, 11) is 1.23. The summed E-state index contributed by atoms with van der Waals surface area (Å²) in [6.07, 6.45) is -0.663. The first-order valence-electron chi connectivity index (χ1n) is 6.22. The summed E-state index contributed by atoms with van der Waals surface area (Å²) in [5.74, 6) is -0.725. The van der Waals surface area contributed by atoms with Crippen molar-refractivity contribution in [1.29, 1.82) is 0 Å². The van der Waals surface area contributed by atoms with Crippen LogP contribution >= 0.6 is 11.3 Å². The number of benzene rings is 1. The molecule has 0 unspecified atom stereocenters. The largest absolute Gasteiger partial charge is 0.453 e. The monoisotopic (exact) mass is 318 g/mol. The van der Waals surface area contributed by atoms with E-state index in [1.807, 2.05) is 0 Å². The molecule has 0 spiro atoms. The van der Waals surface area contributed by atoms with Crippen molar-refractivity contribution in [1.82, 2.24) is 15.1 Å². The molecule has 1 aliphatic heterocycles. The third-order valence-electron chi connectivity index (χ3n) is 3.03. The van der Waals surface area contributed by atoms with Crippen LogP contribution in [0.25, 0.3) is 0 Å². The van der Waals surface area contributed by atoms with Crippen molar-refractivity contribution >= 4 is 34.4 Å². The van der Waals surface area contributed by atoms with Gasteiger partial charge in [0.2, 0.25) is 5.13 Å². The molecule has 2 aromatic rings. The average Bonchev–Trinajstić information content (AvgIpc) is 3.06. The fourth-order valence-electron chi connectivity index (χ4n) is 2.02. The highest BCUT2D eigenvalue weighted by molar-refractivity contribution is 7.15. The molecule has 0 saturated carbocycles. The summed E-state index contributed by atoms with van der Waals surface area (Å²) < 4.78 is 4.44. The molecule has 1 N–H and O–H groups in total. The first kappa shape index (κ1) is 14.1. The van der Waals surface area contributed by atoms with E-state index in [0.29, 0.717) is 16.1 Å². The molecule has 112 valence electrons. The van der Waals surface area contributed by atoms with Crippen molar-refractivity contribution in [2.45, 2.75) is 6.54 Å². The van der Waals surface area contributed by atoms with Gasteiger partial charge in [0.1, 0.15) is 5.01 Å². The zero-order chi connectivity index (χ0) is 15.7. The minimum atomic E-state index is -0.663. The zero-order valence-corrected chi connectivity index (χ0v) is 12.2. The minimum absolute atomic E-state index is 0.00681. The van der Waals surface area contributed by atoms with Crippen molar-refractivity contribution in [2.24, 2.45) is 0 Å². The molecule has 2 heterocycles. The predicted octanol–water partition coefficient (Wildman–Crippen LogP) is 1.51. The van der Waals surface area contributed by atoms with E-state index in [9.17, 15) is 14.4 Å². The van der Waals surface area contributed by atoms with Gasteiger partial charge in [0, 0.05) is 0 Å². The van der Waals surface area contributed by atoms with Crippen LogP contribution in [0, 0.1) is 0 Å². The second-order valence-corrected chi connectivity index (χ2v) is 5.42. The third kappa shape index (κ3) is 2.42. The van der Waals surface area contributed by atoms with Crippen LogP contribution in [-0.4, -0.2) is 40.1 Å². The van der Waals surface area contributed by atoms with Gasteiger partial charge in [-0.2, -0.15) is 0 Å². The molecule has 3 rings (SSSR count). The highest BCUT2D eigenvalue weighted by Crippen LogP contribution is 2.25. The van der Waals surface area contributed by atoms with Crippen LogP contribution in [0.5, 0.6) is 0 Å². The smallest absolute Gasteiger partial charge is 0.413 e. The quantitative estimate of drug-likeness (QED) is 0.861. The number of methoxy groups -OCH3 is 1. The zero-order valence-electron chi connectivity index (χ0n) is 11.4. The molecule has 0 radical (unpaired) electrons. The van der Waals surface area contributed by atoms with Gasteiger partial charge in [-0.3, -0.25) is 19.8 Å². The summed E-state index contributed by atoms with van der Waals surface area (Å²) in [6.45, 7) is 0.00681. The van der Waals surface area contributed by atoms with Gasteiger partial charge in [-0.1, -0.05) is 23.5 Å². The second kappa shape index (κ2) is 5.53. The molecule has 1 aromatic heterocycles. The molecule has 0 atom stereocenters. The molecular formula is C13H10N4O4S. The molecular weight excluding hydrogens is 308 g/mol. The number of imide groups is 1. The predicted molar refractivity (Wildman–Crippen MR) is 76.6 cm³/mol. The topological polar surface area (TPSA) is 101 Å². The van der Waals surface area contributed by atoms with Gasteiger partial charge in [-0.05, 0) is 12.1 Å². The van der Waals surface area contributed by atoms with Crippen LogP contribution in [0.3, 0.4) is 0 Å². The summed E-state index contributed by atoms with van der Waals surface area (Å²) in [5, 5.41) is 10.6. The number of nitrogens with zero attached hydrogens (tertiary/aromatic N) is 3. The van der Waals surface area contributed by atoms with Crippen LogP contribution in [0.1, 0.15) is 25.7 Å². The molecule has 0 aliphatic carbocycles. The number of hydrogen-bond acceptors (Lipinski definition) is 7. The maximum Gasteiger partial charge on any atom is 0.413 e. The van der Waals surface area contributed by atoms with Gasteiger partial charge in [0.05, 0.1) is 24.8 Å². The maximum absolute atomic E-state index is 12.2. The third-order valence-corrected chi connectivity index (χ3v) is 3.86. The number of fused-ring (bicyclic) bond motifs is 1. The molecule has 9 heteroatoms. The molecule has 22 heavy (non-hydrogen) atoms. The second-order valence-electron chi connectivity index (χ2n) is 4.36. The van der Waals surface area contributed by atoms with Gasteiger partial charge in [-0.25, -0.2) is 4.79 Å². The Labute approximate surface area is 128 Å². The first-order valence-corrected chi connectivity index (χ1v) is 7.04. The van der Waals surface area contributed by atoms with Crippen molar-refractivity contribution in [3.8, 4) is 0 Å². The molecule has 8 nitrogen and oxygen atoms in total. The van der Waals surface area contributed by atoms with Crippen LogP contribution in [0.15, 0.2) is 24.3 Å². The van der Waals surface area contributed by atoms with E-state index in [4.69, 9.17) is 0 Å². The SMILES string of the molecule is COC(=O)Nc1nnc(CN2C(=O)c3ccccc3C2=O)s1. The normalized spacial score (nSPS) is 13.2. The maximum atomic E-state index is 12.2. The van der Waals surface area contributed by atoms with Crippen LogP contribution in [0.2, 0.25) is 0 Å². The van der Waals surface area contributed by atoms with Crippen LogP contribution in [-0.2, 0) is 11.3 Å². The molecule has 0 bridgehead atoms. The molecule has 3 amide bonds. The lowest BCUT2D eigenvalue weighted by molar-refractivity contribution is 0.0642. The van der Waals surface area contributed by atoms with Crippen LogP contribution < -0.4 is 5.32 Å². The Kier molecular flexibility index (Phi) is 3.55. The van der Waals surface area contributed by atoms with Crippen molar-refractivity contribution in [3.05, 3.63) is 40.4 Å². The van der Waals surface area contributed by atoms with Gasteiger partial charge in [0.25, 0.3) is 11.8 Å². The molecule has 0 saturated heterocycles. The van der Waals surface area contributed by atoms with E-state index in [0.717, 1.165) is 16.2 Å². The Morgan fingerprint density at radius 1 is 1.23 bits per heavy atom. The van der Waals surface area contributed by atoms with E-state index in [-0.39, 0.29) is 23.5 Å². The van der Waals surface area contributed by atoms with E-state index in [2.05, 4.69) is 20.3 Å². The number of hydrogen-bond donors (Lipinski definition) is 1. The fourth-order valence-corrected chi connectivity index (χ4v) is 2.74. The number of nitrogens with one attached hydrogen (secondary N) is 1. The molecule has 0 fully saturated rings. The standard InChI is InChI=1S/C13H10N4O4S/c1-21-13(20)14-12-16-15-9(22-12)6-17-10(18)7-4-2-3-5-8(7)11(17)19/h2-5H,6H2,1H3,(H,14,16,20). The van der Waals surface area contributed by atoms with Crippen molar-refractivity contribution < 1.29 is 19.1 Å². The van der Waals surface area contributed by atoms with Crippen molar-refractivity contribution in [3.63, 3.8) is 0 Å². The van der Waals surface area contributed by atoms with Gasteiger partial charge in [-0.15, -0.1) is 10.2 Å². The molecule has 1 aromatic carbocycles. The average molecular weight is 318 g/mol. The van der Waals surface area contributed by atoms with Crippen molar-refractivity contribution in [2.75, 3.05) is 12.4 Å². The number of amides is 3. The van der Waals surface area contributed by atoms with Gasteiger partial charge in [0.15, 0.2) is 0 Å². The lowest BCUT2D eigenvalue weighted by atomic mass is 10.1. The number of ether oxygens (including phenoxy) is 1.